The van der Waals surface area contributed by atoms with Crippen molar-refractivity contribution in [3.8, 4) is 5.75 Å². The molecular weight excluding hydrogens is 456 g/mol. The van der Waals surface area contributed by atoms with Gasteiger partial charge in [0.05, 0.1) is 0 Å². The van der Waals surface area contributed by atoms with E-state index >= 15 is 0 Å². The second-order valence-corrected chi connectivity index (χ2v) is 10.2. The average molecular weight is 507 g/mol. The number of phenolic OH excluding ortho intramolecular Hbond substituents is 1. The molecule has 0 aliphatic heterocycles. The average Bonchev–Trinajstić information content (AvgIpc) is 2.91. The molecule has 204 valence electrons. The number of rotatable bonds is 21. The Bertz CT molecular complexity index is 859. The van der Waals surface area contributed by atoms with Crippen molar-refractivity contribution in [3.63, 3.8) is 0 Å². The molecule has 2 aromatic carbocycles. The van der Waals surface area contributed by atoms with E-state index in [-0.39, 0.29) is 11.7 Å². The van der Waals surface area contributed by atoms with Gasteiger partial charge in [-0.2, -0.15) is 0 Å². The predicted molar refractivity (Wildman–Crippen MR) is 160 cm³/mol. The molecule has 0 heterocycles. The molecule has 0 unspecified atom stereocenters. The lowest BCUT2D eigenvalue weighted by molar-refractivity contribution is -0.111. The van der Waals surface area contributed by atoms with Gasteiger partial charge in [0.25, 0.3) is 0 Å². The normalized spacial score (nSPS) is 11.2. The van der Waals surface area contributed by atoms with Crippen LogP contribution < -0.4 is 10.6 Å². The van der Waals surface area contributed by atoms with E-state index in [1.807, 2.05) is 24.3 Å². The van der Waals surface area contributed by atoms with Crippen LogP contribution in [0.3, 0.4) is 0 Å². The maximum absolute atomic E-state index is 12.1. The van der Waals surface area contributed by atoms with Gasteiger partial charge in [0.1, 0.15) is 5.75 Å². The van der Waals surface area contributed by atoms with E-state index in [9.17, 15) is 9.90 Å². The number of nitrogens with one attached hydrogen (secondary N) is 2. The Morgan fingerprint density at radius 2 is 1.11 bits per heavy atom. The van der Waals surface area contributed by atoms with Crippen LogP contribution >= 0.6 is 0 Å². The van der Waals surface area contributed by atoms with Crippen LogP contribution in [0.2, 0.25) is 0 Å². The summed E-state index contributed by atoms with van der Waals surface area (Å²) in [6.07, 6.45) is 25.4. The van der Waals surface area contributed by atoms with Crippen molar-refractivity contribution < 1.29 is 9.90 Å². The molecule has 0 bridgehead atoms. The highest BCUT2D eigenvalue weighted by Gasteiger charge is 2.00. The molecule has 1 amide bonds. The Labute approximate surface area is 226 Å². The summed E-state index contributed by atoms with van der Waals surface area (Å²) >= 11 is 0. The smallest absolute Gasteiger partial charge is 0.248 e. The fourth-order valence-corrected chi connectivity index (χ4v) is 4.52. The van der Waals surface area contributed by atoms with Crippen LogP contribution in [0.15, 0.2) is 54.6 Å². The predicted octanol–water partition coefficient (Wildman–Crippen LogP) is 9.72. The van der Waals surface area contributed by atoms with Gasteiger partial charge in [-0.05, 0) is 54.5 Å². The molecule has 2 aromatic rings. The summed E-state index contributed by atoms with van der Waals surface area (Å²) in [5.74, 6) is 0.0343. The van der Waals surface area contributed by atoms with Crippen molar-refractivity contribution >= 4 is 23.4 Å². The van der Waals surface area contributed by atoms with E-state index in [0.29, 0.717) is 0 Å². The number of benzene rings is 2. The zero-order valence-electron chi connectivity index (χ0n) is 23.1. The molecule has 0 spiro atoms. The molecule has 0 radical (unpaired) electrons. The summed E-state index contributed by atoms with van der Waals surface area (Å²) < 4.78 is 0. The van der Waals surface area contributed by atoms with Crippen molar-refractivity contribution in [2.45, 2.75) is 110 Å². The highest BCUT2D eigenvalue weighted by molar-refractivity contribution is 6.02. The third kappa shape index (κ3) is 15.9. The number of unbranched alkanes of at least 4 members (excludes halogenated alkanes) is 15. The summed E-state index contributed by atoms with van der Waals surface area (Å²) in [4.78, 5) is 12.1. The molecule has 37 heavy (non-hydrogen) atoms. The monoisotopic (exact) mass is 506 g/mol. The van der Waals surface area contributed by atoms with E-state index in [2.05, 4.69) is 17.6 Å². The van der Waals surface area contributed by atoms with Gasteiger partial charge in [-0.25, -0.2) is 0 Å². The second-order valence-electron chi connectivity index (χ2n) is 10.2. The molecule has 0 aromatic heterocycles. The number of hydrogen-bond acceptors (Lipinski definition) is 3. The molecule has 0 aliphatic rings. The lowest BCUT2D eigenvalue weighted by Crippen LogP contribution is -2.08. The second kappa shape index (κ2) is 20.3. The lowest BCUT2D eigenvalue weighted by atomic mass is 10.0. The number of aromatic hydroxyl groups is 1. The molecular formula is C33H50N2O2. The fourth-order valence-electron chi connectivity index (χ4n) is 4.52. The third-order valence-corrected chi connectivity index (χ3v) is 6.83. The molecule has 4 nitrogen and oxygen atoms in total. The van der Waals surface area contributed by atoms with Crippen LogP contribution in [0.1, 0.15) is 115 Å². The van der Waals surface area contributed by atoms with Crippen LogP contribution in [-0.2, 0) is 4.79 Å². The van der Waals surface area contributed by atoms with E-state index in [1.165, 1.54) is 109 Å². The van der Waals surface area contributed by atoms with Crippen molar-refractivity contribution in [1.29, 1.82) is 0 Å². The number of anilines is 2. The van der Waals surface area contributed by atoms with Crippen molar-refractivity contribution in [1.82, 2.24) is 0 Å². The lowest BCUT2D eigenvalue weighted by Gasteiger charge is -2.08. The molecule has 3 N–H and O–H groups in total. The van der Waals surface area contributed by atoms with Crippen LogP contribution in [0.5, 0.6) is 5.75 Å². The minimum absolute atomic E-state index is 0.179. The van der Waals surface area contributed by atoms with E-state index < -0.39 is 0 Å². The standard InChI is InChI=1S/C33H50N2O2/c1-2-3-4-5-6-7-8-9-10-11-12-13-14-15-16-17-28-34-30-21-23-31(24-22-30)35-33(37)27-20-29-18-25-32(36)26-19-29/h18-27,34,36H,2-17,28H2,1H3,(H,35,37)/b27-20+. The van der Waals surface area contributed by atoms with Crippen LogP contribution in [0.4, 0.5) is 11.4 Å². The number of carbonyl (C=O) groups excluding carboxylic acids is 1. The summed E-state index contributed by atoms with van der Waals surface area (Å²) in [5.41, 5.74) is 2.72. The Kier molecular flexibility index (Phi) is 16.7. The van der Waals surface area contributed by atoms with Gasteiger partial charge < -0.3 is 15.7 Å². The molecule has 0 saturated carbocycles. The van der Waals surface area contributed by atoms with Gasteiger partial charge in [0, 0.05) is 24.0 Å². The summed E-state index contributed by atoms with van der Waals surface area (Å²) in [6.45, 7) is 3.27. The van der Waals surface area contributed by atoms with Crippen LogP contribution in [-0.4, -0.2) is 17.6 Å². The van der Waals surface area contributed by atoms with E-state index in [0.717, 1.165) is 23.5 Å². The van der Waals surface area contributed by atoms with Gasteiger partial charge in [0.2, 0.25) is 5.91 Å². The first-order chi connectivity index (χ1) is 18.2. The first kappa shape index (κ1) is 30.5. The summed E-state index contributed by atoms with van der Waals surface area (Å²) in [6, 6.07) is 14.6. The quantitative estimate of drug-likeness (QED) is 0.117. The van der Waals surface area contributed by atoms with Gasteiger partial charge in [-0.15, -0.1) is 0 Å². The van der Waals surface area contributed by atoms with Gasteiger partial charge >= 0.3 is 0 Å². The molecule has 0 aliphatic carbocycles. The van der Waals surface area contributed by atoms with E-state index in [4.69, 9.17) is 0 Å². The van der Waals surface area contributed by atoms with Crippen molar-refractivity contribution in [2.24, 2.45) is 0 Å². The number of amides is 1. The van der Waals surface area contributed by atoms with E-state index in [1.54, 1.807) is 30.3 Å². The zero-order valence-corrected chi connectivity index (χ0v) is 23.1. The van der Waals surface area contributed by atoms with Gasteiger partial charge in [0.15, 0.2) is 0 Å². The molecule has 2 rings (SSSR count). The van der Waals surface area contributed by atoms with Gasteiger partial charge in [-0.1, -0.05) is 115 Å². The highest BCUT2D eigenvalue weighted by Crippen LogP contribution is 2.16. The van der Waals surface area contributed by atoms with Crippen molar-refractivity contribution in [3.05, 3.63) is 60.2 Å². The third-order valence-electron chi connectivity index (χ3n) is 6.83. The maximum atomic E-state index is 12.1. The number of hydrogen-bond donors (Lipinski definition) is 3. The maximum Gasteiger partial charge on any atom is 0.248 e. The number of carbonyl (C=O) groups is 1. The number of phenols is 1. The molecule has 0 saturated heterocycles. The van der Waals surface area contributed by atoms with Crippen LogP contribution in [0.25, 0.3) is 6.08 Å². The Morgan fingerprint density at radius 1 is 0.649 bits per heavy atom. The molecule has 4 heteroatoms. The Hall–Kier alpha value is -2.75. The van der Waals surface area contributed by atoms with Gasteiger partial charge in [-0.3, -0.25) is 4.79 Å². The SMILES string of the molecule is CCCCCCCCCCCCCCCCCCNc1ccc(NC(=O)/C=C/c2ccc(O)cc2)cc1. The minimum atomic E-state index is -0.179. The zero-order chi connectivity index (χ0) is 26.4. The molecule has 0 atom stereocenters. The highest BCUT2D eigenvalue weighted by atomic mass is 16.3. The fraction of sp³-hybridized carbons (Fsp3) is 0.545. The molecule has 0 fully saturated rings. The topological polar surface area (TPSA) is 61.4 Å². The summed E-state index contributed by atoms with van der Waals surface area (Å²) in [5, 5.41) is 15.7. The minimum Gasteiger partial charge on any atom is -0.508 e. The summed E-state index contributed by atoms with van der Waals surface area (Å²) in [7, 11) is 0. The van der Waals surface area contributed by atoms with Crippen LogP contribution in [0, 0.1) is 0 Å². The Morgan fingerprint density at radius 3 is 1.62 bits per heavy atom. The first-order valence-electron chi connectivity index (χ1n) is 14.8. The largest absolute Gasteiger partial charge is 0.508 e. The Balaban J connectivity index is 1.41. The first-order valence-corrected chi connectivity index (χ1v) is 14.8. The van der Waals surface area contributed by atoms with Crippen molar-refractivity contribution in [2.75, 3.05) is 17.2 Å².